The first-order chi connectivity index (χ1) is 14.5. The predicted molar refractivity (Wildman–Crippen MR) is 112 cm³/mol. The van der Waals surface area contributed by atoms with Gasteiger partial charge < -0.3 is 9.42 Å². The summed E-state index contributed by atoms with van der Waals surface area (Å²) in [6.07, 6.45) is 3.90. The maximum absolute atomic E-state index is 13.0. The number of benzene rings is 1. The Balaban J connectivity index is 1.53. The fraction of sp³-hybridized carbons (Fsp3) is 0.409. The maximum Gasteiger partial charge on any atom is 0.266 e. The molecule has 1 aliphatic heterocycles. The largest absolute Gasteiger partial charge is 0.342 e. The van der Waals surface area contributed by atoms with E-state index in [1.165, 1.54) is 10.8 Å². The molecule has 8 heteroatoms. The molecule has 3 aromatic rings. The van der Waals surface area contributed by atoms with Crippen molar-refractivity contribution >= 4 is 5.91 Å². The van der Waals surface area contributed by atoms with E-state index in [1.54, 1.807) is 6.92 Å². The highest BCUT2D eigenvalue weighted by Crippen LogP contribution is 2.20. The number of hydrogen-bond acceptors (Lipinski definition) is 6. The van der Waals surface area contributed by atoms with Crippen LogP contribution < -0.4 is 5.56 Å². The number of carbonyl (C=O) groups is 1. The van der Waals surface area contributed by atoms with Gasteiger partial charge in [0.15, 0.2) is 0 Å². The van der Waals surface area contributed by atoms with Gasteiger partial charge in [0, 0.05) is 37.8 Å². The lowest BCUT2D eigenvalue weighted by Crippen LogP contribution is -2.40. The molecule has 4 rings (SSSR count). The Kier molecular flexibility index (Phi) is 5.74. The van der Waals surface area contributed by atoms with Crippen LogP contribution in [0.25, 0.3) is 22.8 Å². The molecule has 0 bridgehead atoms. The predicted octanol–water partition coefficient (Wildman–Crippen LogP) is 2.92. The van der Waals surface area contributed by atoms with Gasteiger partial charge in [-0.3, -0.25) is 14.2 Å². The van der Waals surface area contributed by atoms with E-state index in [-0.39, 0.29) is 35.9 Å². The number of piperidine rings is 1. The highest BCUT2D eigenvalue weighted by atomic mass is 16.5. The normalized spacial score (nSPS) is 16.6. The Hall–Kier alpha value is -3.29. The van der Waals surface area contributed by atoms with Crippen LogP contribution in [0.3, 0.4) is 0 Å². The number of amides is 1. The van der Waals surface area contributed by atoms with E-state index in [0.29, 0.717) is 17.6 Å². The minimum absolute atomic E-state index is 0.0717. The van der Waals surface area contributed by atoms with Crippen LogP contribution in [0.5, 0.6) is 0 Å². The average molecular weight is 407 g/mol. The fourth-order valence-electron chi connectivity index (χ4n) is 3.80. The van der Waals surface area contributed by atoms with Gasteiger partial charge in [0.1, 0.15) is 11.4 Å². The van der Waals surface area contributed by atoms with Crippen LogP contribution in [-0.2, 0) is 11.3 Å². The SMILES string of the molecule is Cc1ncc(-c2nc(-c3ccccc3)no2)c(=O)n1CCC(=O)N1CCCC(C)C1. The van der Waals surface area contributed by atoms with Gasteiger partial charge in [-0.05, 0) is 25.7 Å². The lowest BCUT2D eigenvalue weighted by atomic mass is 10.00. The number of aryl methyl sites for hydroxylation is 1. The molecule has 1 fully saturated rings. The highest BCUT2D eigenvalue weighted by Gasteiger charge is 2.22. The molecule has 1 aliphatic rings. The molecule has 0 N–H and O–H groups in total. The van der Waals surface area contributed by atoms with E-state index in [9.17, 15) is 9.59 Å². The van der Waals surface area contributed by atoms with E-state index in [1.807, 2.05) is 35.2 Å². The number of nitrogens with zero attached hydrogens (tertiary/aromatic N) is 5. The Bertz CT molecular complexity index is 1090. The van der Waals surface area contributed by atoms with Crippen molar-refractivity contribution in [3.05, 3.63) is 52.7 Å². The zero-order valence-corrected chi connectivity index (χ0v) is 17.2. The summed E-state index contributed by atoms with van der Waals surface area (Å²) in [7, 11) is 0. The number of rotatable bonds is 5. The molecule has 1 aromatic carbocycles. The first-order valence-corrected chi connectivity index (χ1v) is 10.3. The second kappa shape index (κ2) is 8.61. The third-order valence-electron chi connectivity index (χ3n) is 5.49. The quantitative estimate of drug-likeness (QED) is 0.645. The molecule has 1 amide bonds. The van der Waals surface area contributed by atoms with Gasteiger partial charge >= 0.3 is 0 Å². The van der Waals surface area contributed by atoms with Crippen molar-refractivity contribution < 1.29 is 9.32 Å². The summed E-state index contributed by atoms with van der Waals surface area (Å²) in [4.78, 5) is 36.2. The fourth-order valence-corrected chi connectivity index (χ4v) is 3.80. The van der Waals surface area contributed by atoms with Crippen molar-refractivity contribution in [3.63, 3.8) is 0 Å². The van der Waals surface area contributed by atoms with Gasteiger partial charge in [-0.1, -0.05) is 42.4 Å². The summed E-state index contributed by atoms with van der Waals surface area (Å²) in [5.41, 5.74) is 0.745. The second-order valence-corrected chi connectivity index (χ2v) is 7.80. The van der Waals surface area contributed by atoms with E-state index >= 15 is 0 Å². The van der Waals surface area contributed by atoms with E-state index < -0.39 is 0 Å². The molecule has 156 valence electrons. The molecule has 8 nitrogen and oxygen atoms in total. The molecule has 1 saturated heterocycles. The van der Waals surface area contributed by atoms with Crippen LogP contribution in [-0.4, -0.2) is 43.6 Å². The molecule has 0 saturated carbocycles. The lowest BCUT2D eigenvalue weighted by molar-refractivity contribution is -0.133. The maximum atomic E-state index is 13.0. The molecule has 0 aliphatic carbocycles. The molecule has 3 heterocycles. The minimum atomic E-state index is -0.287. The molecule has 1 unspecified atom stereocenters. The Morgan fingerprint density at radius 1 is 1.27 bits per heavy atom. The van der Waals surface area contributed by atoms with Crippen molar-refractivity contribution in [2.45, 2.75) is 39.7 Å². The van der Waals surface area contributed by atoms with Crippen LogP contribution in [0.15, 0.2) is 45.8 Å². The molecule has 0 spiro atoms. The van der Waals surface area contributed by atoms with Crippen LogP contribution >= 0.6 is 0 Å². The van der Waals surface area contributed by atoms with Gasteiger partial charge in [-0.25, -0.2) is 4.98 Å². The van der Waals surface area contributed by atoms with Crippen molar-refractivity contribution in [2.24, 2.45) is 5.92 Å². The van der Waals surface area contributed by atoms with Crippen LogP contribution in [0, 0.1) is 12.8 Å². The highest BCUT2D eigenvalue weighted by molar-refractivity contribution is 5.76. The molecular formula is C22H25N5O3. The summed E-state index contributed by atoms with van der Waals surface area (Å²) in [5.74, 6) is 1.67. The monoisotopic (exact) mass is 407 g/mol. The zero-order valence-electron chi connectivity index (χ0n) is 17.2. The summed E-state index contributed by atoms with van der Waals surface area (Å²) in [5, 5.41) is 3.98. The number of aromatic nitrogens is 4. The molecular weight excluding hydrogens is 382 g/mol. The second-order valence-electron chi connectivity index (χ2n) is 7.80. The van der Waals surface area contributed by atoms with Crippen LogP contribution in [0.1, 0.15) is 32.0 Å². The molecule has 30 heavy (non-hydrogen) atoms. The average Bonchev–Trinajstić information content (AvgIpc) is 3.24. The Morgan fingerprint density at radius 2 is 2.07 bits per heavy atom. The lowest BCUT2D eigenvalue weighted by Gasteiger charge is -2.31. The van der Waals surface area contributed by atoms with E-state index in [4.69, 9.17) is 4.52 Å². The summed E-state index contributed by atoms with van der Waals surface area (Å²) < 4.78 is 6.83. The van der Waals surface area contributed by atoms with Crippen molar-refractivity contribution in [1.29, 1.82) is 0 Å². The van der Waals surface area contributed by atoms with Gasteiger partial charge in [-0.2, -0.15) is 4.98 Å². The van der Waals surface area contributed by atoms with E-state index in [2.05, 4.69) is 22.0 Å². The minimum Gasteiger partial charge on any atom is -0.342 e. The van der Waals surface area contributed by atoms with Gasteiger partial charge in [0.25, 0.3) is 11.4 Å². The smallest absolute Gasteiger partial charge is 0.266 e. The zero-order chi connectivity index (χ0) is 21.1. The summed E-state index contributed by atoms with van der Waals surface area (Å²) in [6, 6.07) is 9.40. The first kappa shape index (κ1) is 20.0. The Labute approximate surface area is 174 Å². The number of likely N-dealkylation sites (tertiary alicyclic amines) is 1. The Morgan fingerprint density at radius 3 is 2.83 bits per heavy atom. The number of carbonyl (C=O) groups excluding carboxylic acids is 1. The van der Waals surface area contributed by atoms with Gasteiger partial charge in [0.05, 0.1) is 0 Å². The topological polar surface area (TPSA) is 94.1 Å². The van der Waals surface area contributed by atoms with Crippen LogP contribution in [0.2, 0.25) is 0 Å². The van der Waals surface area contributed by atoms with Crippen molar-refractivity contribution in [1.82, 2.24) is 24.6 Å². The third-order valence-corrected chi connectivity index (χ3v) is 5.49. The van der Waals surface area contributed by atoms with Gasteiger partial charge in [0.2, 0.25) is 11.7 Å². The third kappa shape index (κ3) is 4.17. The van der Waals surface area contributed by atoms with Crippen LogP contribution in [0.4, 0.5) is 0 Å². The van der Waals surface area contributed by atoms with Crippen molar-refractivity contribution in [2.75, 3.05) is 13.1 Å². The standard InChI is InChI=1S/C22H25N5O3/c1-15-7-6-11-26(14-15)19(28)10-12-27-16(2)23-13-18(22(27)29)21-24-20(25-30-21)17-8-4-3-5-9-17/h3-5,8-9,13,15H,6-7,10-12,14H2,1-2H3. The van der Waals surface area contributed by atoms with Crippen molar-refractivity contribution in [3.8, 4) is 22.8 Å². The first-order valence-electron chi connectivity index (χ1n) is 10.3. The molecule has 1 atom stereocenters. The van der Waals surface area contributed by atoms with Gasteiger partial charge in [-0.15, -0.1) is 0 Å². The molecule has 2 aromatic heterocycles. The van der Waals surface area contributed by atoms with E-state index in [0.717, 1.165) is 31.5 Å². The number of hydrogen-bond donors (Lipinski definition) is 0. The summed E-state index contributed by atoms with van der Waals surface area (Å²) in [6.45, 7) is 5.77. The summed E-state index contributed by atoms with van der Waals surface area (Å²) >= 11 is 0. The molecule has 0 radical (unpaired) electrons.